The molecule has 94 valence electrons. The van der Waals surface area contributed by atoms with Gasteiger partial charge in [0.1, 0.15) is 11.8 Å². The molecule has 5 nitrogen and oxygen atoms in total. The zero-order chi connectivity index (χ0) is 12.4. The van der Waals surface area contributed by atoms with Gasteiger partial charge < -0.3 is 10.4 Å². The number of hydrogen-bond donors (Lipinski definition) is 2. The van der Waals surface area contributed by atoms with Crippen molar-refractivity contribution < 1.29 is 19.5 Å². The van der Waals surface area contributed by atoms with E-state index >= 15 is 0 Å². The second-order valence-electron chi connectivity index (χ2n) is 4.99. The molecule has 2 aliphatic carbocycles. The molecule has 2 rings (SSSR count). The Bertz CT molecular complexity index is 348. The Balaban J connectivity index is 1.97. The summed E-state index contributed by atoms with van der Waals surface area (Å²) in [7, 11) is 0. The molecule has 0 bridgehead atoms. The maximum Gasteiger partial charge on any atom is 0.326 e. The zero-order valence-electron chi connectivity index (χ0n) is 9.65. The first-order valence-corrected chi connectivity index (χ1v) is 6.13. The third-order valence-electron chi connectivity index (χ3n) is 3.50. The van der Waals surface area contributed by atoms with E-state index < -0.39 is 12.0 Å². The molecule has 0 unspecified atom stereocenters. The van der Waals surface area contributed by atoms with Gasteiger partial charge in [-0.2, -0.15) is 0 Å². The summed E-state index contributed by atoms with van der Waals surface area (Å²) in [4.78, 5) is 34.1. The van der Waals surface area contributed by atoms with E-state index in [4.69, 9.17) is 5.11 Å². The van der Waals surface area contributed by atoms with Gasteiger partial charge in [-0.3, -0.25) is 9.59 Å². The largest absolute Gasteiger partial charge is 0.480 e. The highest BCUT2D eigenvalue weighted by molar-refractivity contribution is 5.87. The molecule has 0 heterocycles. The maximum atomic E-state index is 11.6. The fourth-order valence-corrected chi connectivity index (χ4v) is 2.34. The standard InChI is InChI=1S/C12H17NO4/c14-9-3-1-2-8(6-9)10(12(16)17)13-11(15)7-4-5-7/h7-8,10H,1-6H2,(H,13,15)(H,16,17)/t8-,10+/m0/s1. The van der Waals surface area contributed by atoms with Crippen LogP contribution in [0.2, 0.25) is 0 Å². The molecule has 2 N–H and O–H groups in total. The number of carboxylic acid groups (broad SMARTS) is 1. The third kappa shape index (κ3) is 3.05. The van der Waals surface area contributed by atoms with E-state index in [9.17, 15) is 14.4 Å². The van der Waals surface area contributed by atoms with Gasteiger partial charge in [0.05, 0.1) is 0 Å². The molecule has 1 amide bonds. The quantitative estimate of drug-likeness (QED) is 0.757. The van der Waals surface area contributed by atoms with E-state index in [1.54, 1.807) is 0 Å². The maximum absolute atomic E-state index is 11.6. The molecular formula is C12H17NO4. The van der Waals surface area contributed by atoms with Crippen molar-refractivity contribution in [3.05, 3.63) is 0 Å². The van der Waals surface area contributed by atoms with Crippen LogP contribution in [-0.2, 0) is 14.4 Å². The summed E-state index contributed by atoms with van der Waals surface area (Å²) in [6, 6.07) is -0.896. The number of carbonyl (C=O) groups excluding carboxylic acids is 2. The van der Waals surface area contributed by atoms with Gasteiger partial charge in [0.2, 0.25) is 5.91 Å². The Hall–Kier alpha value is -1.39. The van der Waals surface area contributed by atoms with Crippen LogP contribution in [0.5, 0.6) is 0 Å². The smallest absolute Gasteiger partial charge is 0.326 e. The molecule has 2 aliphatic rings. The highest BCUT2D eigenvalue weighted by Crippen LogP contribution is 2.30. The van der Waals surface area contributed by atoms with Gasteiger partial charge in [-0.05, 0) is 31.6 Å². The number of nitrogens with one attached hydrogen (secondary N) is 1. The molecule has 17 heavy (non-hydrogen) atoms. The van der Waals surface area contributed by atoms with E-state index in [2.05, 4.69) is 5.32 Å². The van der Waals surface area contributed by atoms with Crippen LogP contribution in [0.4, 0.5) is 0 Å². The molecule has 0 aromatic rings. The van der Waals surface area contributed by atoms with Crippen LogP contribution in [0.1, 0.15) is 38.5 Å². The average Bonchev–Trinajstić information content (AvgIpc) is 3.08. The second-order valence-corrected chi connectivity index (χ2v) is 4.99. The summed E-state index contributed by atoms with van der Waals surface area (Å²) in [6.45, 7) is 0. The van der Waals surface area contributed by atoms with Gasteiger partial charge in [0.15, 0.2) is 0 Å². The van der Waals surface area contributed by atoms with E-state index in [1.165, 1.54) is 0 Å². The Morgan fingerprint density at radius 2 is 2.00 bits per heavy atom. The molecule has 0 aliphatic heterocycles. The predicted molar refractivity (Wildman–Crippen MR) is 59.3 cm³/mol. The van der Waals surface area contributed by atoms with Crippen LogP contribution in [0.25, 0.3) is 0 Å². The van der Waals surface area contributed by atoms with Crippen LogP contribution >= 0.6 is 0 Å². The normalized spacial score (nSPS) is 26.4. The minimum atomic E-state index is -1.03. The number of rotatable bonds is 4. The topological polar surface area (TPSA) is 83.5 Å². The number of hydrogen-bond acceptors (Lipinski definition) is 3. The lowest BCUT2D eigenvalue weighted by Crippen LogP contribution is -2.47. The molecule has 5 heteroatoms. The van der Waals surface area contributed by atoms with Crippen LogP contribution in [0, 0.1) is 11.8 Å². The van der Waals surface area contributed by atoms with Crippen molar-refractivity contribution in [2.24, 2.45) is 11.8 Å². The minimum Gasteiger partial charge on any atom is -0.480 e. The van der Waals surface area contributed by atoms with Gasteiger partial charge in [-0.15, -0.1) is 0 Å². The summed E-state index contributed by atoms with van der Waals surface area (Å²) < 4.78 is 0. The summed E-state index contributed by atoms with van der Waals surface area (Å²) in [5, 5.41) is 11.7. The number of aliphatic carboxylic acids is 1. The van der Waals surface area contributed by atoms with Crippen molar-refractivity contribution in [3.63, 3.8) is 0 Å². The lowest BCUT2D eigenvalue weighted by atomic mass is 9.83. The first-order chi connectivity index (χ1) is 8.08. The monoisotopic (exact) mass is 239 g/mol. The molecule has 2 fully saturated rings. The van der Waals surface area contributed by atoms with Gasteiger partial charge >= 0.3 is 5.97 Å². The van der Waals surface area contributed by atoms with Crippen LogP contribution in [0.15, 0.2) is 0 Å². The van der Waals surface area contributed by atoms with Crippen molar-refractivity contribution in [2.75, 3.05) is 0 Å². The number of ketones is 1. The van der Waals surface area contributed by atoms with Crippen molar-refractivity contribution in [1.82, 2.24) is 5.32 Å². The Morgan fingerprint density at radius 3 is 2.53 bits per heavy atom. The average molecular weight is 239 g/mol. The van der Waals surface area contributed by atoms with E-state index in [0.717, 1.165) is 19.3 Å². The summed E-state index contributed by atoms with van der Waals surface area (Å²) in [5.41, 5.74) is 0. The van der Waals surface area contributed by atoms with E-state index in [-0.39, 0.29) is 29.9 Å². The molecule has 0 aromatic carbocycles. The predicted octanol–water partition coefficient (Wildman–Crippen LogP) is 0.725. The zero-order valence-corrected chi connectivity index (χ0v) is 9.65. The highest BCUT2D eigenvalue weighted by Gasteiger charge is 2.37. The number of carboxylic acids is 1. The highest BCUT2D eigenvalue weighted by atomic mass is 16.4. The molecule has 0 aromatic heterocycles. The molecule has 2 saturated carbocycles. The van der Waals surface area contributed by atoms with Crippen LogP contribution in [0.3, 0.4) is 0 Å². The minimum absolute atomic E-state index is 0.00357. The summed E-state index contributed by atoms with van der Waals surface area (Å²) >= 11 is 0. The molecule has 0 radical (unpaired) electrons. The fraction of sp³-hybridized carbons (Fsp3) is 0.750. The van der Waals surface area contributed by atoms with Crippen molar-refractivity contribution >= 4 is 17.7 Å². The van der Waals surface area contributed by atoms with E-state index in [1.807, 2.05) is 0 Å². The van der Waals surface area contributed by atoms with Crippen molar-refractivity contribution in [1.29, 1.82) is 0 Å². The summed E-state index contributed by atoms with van der Waals surface area (Å²) in [6.07, 6.45) is 3.95. The van der Waals surface area contributed by atoms with Gasteiger partial charge in [-0.1, -0.05) is 0 Å². The fourth-order valence-electron chi connectivity index (χ4n) is 2.34. The van der Waals surface area contributed by atoms with Crippen molar-refractivity contribution in [2.45, 2.75) is 44.6 Å². The molecule has 0 spiro atoms. The number of Topliss-reactive ketones (excluding diaryl/α,β-unsaturated/α-hetero) is 1. The number of amides is 1. The van der Waals surface area contributed by atoms with Gasteiger partial charge in [-0.25, -0.2) is 4.79 Å². The Labute approximate surface area is 99.6 Å². The van der Waals surface area contributed by atoms with Crippen molar-refractivity contribution in [3.8, 4) is 0 Å². The van der Waals surface area contributed by atoms with Gasteiger partial charge in [0, 0.05) is 18.8 Å². The Kier molecular flexibility index (Phi) is 3.45. The summed E-state index contributed by atoms with van der Waals surface area (Å²) in [5.74, 6) is -1.34. The number of carbonyl (C=O) groups is 3. The first kappa shape index (κ1) is 12.1. The molecule has 2 atom stereocenters. The lowest BCUT2D eigenvalue weighted by Gasteiger charge is -2.27. The second kappa shape index (κ2) is 4.85. The Morgan fingerprint density at radius 1 is 1.29 bits per heavy atom. The SMILES string of the molecule is O=C1CCC[C@H]([C@@H](NC(=O)C2CC2)C(=O)O)C1. The van der Waals surface area contributed by atoms with E-state index in [0.29, 0.717) is 12.8 Å². The molecule has 0 saturated heterocycles. The van der Waals surface area contributed by atoms with Crippen LogP contribution < -0.4 is 5.32 Å². The van der Waals surface area contributed by atoms with Crippen LogP contribution in [-0.4, -0.2) is 28.8 Å². The third-order valence-corrected chi connectivity index (χ3v) is 3.50. The molecular weight excluding hydrogens is 222 g/mol. The van der Waals surface area contributed by atoms with Gasteiger partial charge in [0.25, 0.3) is 0 Å². The lowest BCUT2D eigenvalue weighted by molar-refractivity contribution is -0.144. The first-order valence-electron chi connectivity index (χ1n) is 6.13.